The van der Waals surface area contributed by atoms with E-state index in [1.54, 1.807) is 18.7 Å². The van der Waals surface area contributed by atoms with Gasteiger partial charge in [0.2, 0.25) is 59.1 Å². The molecule has 3 saturated carbocycles. The highest BCUT2D eigenvalue weighted by molar-refractivity contribution is 7.85. The summed E-state index contributed by atoms with van der Waals surface area (Å²) in [6.07, 6.45) is 11.4. The standard InChI is InChI=1S/C104H151N15O23S/c1-71(2)93(97(127)115-83(24-16-46-112-100(106)130)95(125)113-78-34-30-74-32-36-87-102(4,80(74)68-78)42-18-44-104(87,6)99(129)117-98(128)103(5)43-17-41-101(3)79-67-77(105)33-29-73(79)31-35-86(101)103)116-96(126)82(114-90(122)40-51-135-55-59-139-63-65-141-61-57-137-53-48-110-88(120)37-38-92(124)119-69-76-21-11-10-19-72(76)27-28-75-20-12-13-25-84(75)119)23-14-15-45-109-91(123)70-142-85-26-9-7-8-22-81(94(85)118-107)108-47-52-136-56-60-140-64-62-138-58-54-134-50-39-89(121)111-49-66-143(131,132)133/h10-13,19-21,25,29-30,33-34,67-68,71,82-83,85-87,93H,7-9,14-18,22-24,26,31-32,35-66,69-70,105,107H2,1-6H3,(H,109,123)(H,110,120)(H,111,121)(H,113,125)(H,114,122)(H,115,127)(H,116,126)(H3,106,112,130)(H,117,128,129)(H,131,132,133)/t82-,83+,85?,86-,87?,93+,101-,102-,103+,104+/m1/s1. The lowest BCUT2D eigenvalue weighted by Crippen LogP contribution is -2.60. The van der Waals surface area contributed by atoms with Gasteiger partial charge < -0.3 is 107 Å². The van der Waals surface area contributed by atoms with E-state index in [0.29, 0.717) is 126 Å². The number of urea groups is 1. The molecule has 12 amide bonds. The summed E-state index contributed by atoms with van der Waals surface area (Å²) < 4.78 is 81.6. The molecule has 39 heteroatoms. The lowest BCUT2D eigenvalue weighted by atomic mass is 9.49. The van der Waals surface area contributed by atoms with E-state index in [-0.39, 0.29) is 198 Å². The zero-order valence-electron chi connectivity index (χ0n) is 84.0. The number of hydrazone groups is 1. The van der Waals surface area contributed by atoms with E-state index in [0.717, 1.165) is 79.2 Å². The first-order chi connectivity index (χ1) is 68.7. The Kier molecular flexibility index (Phi) is 46.0. The third-order valence-electron chi connectivity index (χ3n) is 28.3. The van der Waals surface area contributed by atoms with Crippen molar-refractivity contribution in [3.8, 4) is 11.8 Å². The van der Waals surface area contributed by atoms with Gasteiger partial charge in [-0.25, -0.2) is 4.79 Å². The summed E-state index contributed by atoms with van der Waals surface area (Å²) in [5.74, 6) is 6.81. The van der Waals surface area contributed by atoms with E-state index >= 15 is 4.79 Å². The number of nitrogens with two attached hydrogens (primary N) is 3. The van der Waals surface area contributed by atoms with Crippen LogP contribution in [0.1, 0.15) is 222 Å². The Morgan fingerprint density at radius 3 is 1.67 bits per heavy atom. The Balaban J connectivity index is 0.686. The Morgan fingerprint density at radius 2 is 1.05 bits per heavy atom. The van der Waals surface area contributed by atoms with Crippen LogP contribution in [0.3, 0.4) is 0 Å². The second-order valence-corrected chi connectivity index (χ2v) is 40.4. The van der Waals surface area contributed by atoms with Crippen LogP contribution in [0.5, 0.6) is 0 Å². The fourth-order valence-electron chi connectivity index (χ4n) is 20.6. The molecule has 2 unspecified atom stereocenters. The van der Waals surface area contributed by atoms with Crippen molar-refractivity contribution in [1.82, 2.24) is 42.5 Å². The van der Waals surface area contributed by atoms with Gasteiger partial charge in [0.1, 0.15) is 36.5 Å². The number of ether oxygens (including phenoxy) is 9. The molecule has 4 aromatic rings. The summed E-state index contributed by atoms with van der Waals surface area (Å²) in [7, 11) is -4.16. The van der Waals surface area contributed by atoms with Gasteiger partial charge in [-0.05, 0) is 202 Å². The Bertz CT molecular complexity index is 5190. The van der Waals surface area contributed by atoms with Crippen molar-refractivity contribution < 1.29 is 108 Å². The maximum atomic E-state index is 15.1. The average Bonchev–Trinajstić information content (AvgIpc) is 0.719. The smallest absolute Gasteiger partial charge is 0.312 e. The summed E-state index contributed by atoms with van der Waals surface area (Å²) in [6, 6.07) is 22.6. The van der Waals surface area contributed by atoms with Crippen molar-refractivity contribution >= 4 is 104 Å². The fourth-order valence-corrected chi connectivity index (χ4v) is 21.0. The summed E-state index contributed by atoms with van der Waals surface area (Å²) in [5.41, 5.74) is 19.3. The Hall–Kier alpha value is -10.9. The molecule has 3 fully saturated rings. The van der Waals surface area contributed by atoms with Gasteiger partial charge in [0.25, 0.3) is 10.1 Å². The lowest BCUT2D eigenvalue weighted by molar-refractivity contribution is -0.150. The minimum Gasteiger partial charge on any atom is -0.399 e. The first kappa shape index (κ1) is 114. The van der Waals surface area contributed by atoms with E-state index in [1.807, 2.05) is 86.6 Å². The molecule has 0 bridgehead atoms. The van der Waals surface area contributed by atoms with Crippen molar-refractivity contribution in [2.45, 2.75) is 237 Å². The number of para-hydroxylation sites is 1. The number of carbonyl (C=O) groups is 11. The van der Waals surface area contributed by atoms with E-state index < -0.39 is 104 Å². The van der Waals surface area contributed by atoms with Gasteiger partial charge in [-0.3, -0.25) is 62.8 Å². The number of amides is 12. The molecule has 0 spiro atoms. The number of nitrogen functional groups attached to an aromatic ring is 1. The number of nitrogens with one attached hydrogen (secondary N) is 9. The molecule has 10 rings (SSSR count). The van der Waals surface area contributed by atoms with Crippen molar-refractivity contribution in [3.05, 3.63) is 124 Å². The zero-order valence-corrected chi connectivity index (χ0v) is 84.8. The number of rotatable bonds is 58. The van der Waals surface area contributed by atoms with Gasteiger partial charge in [-0.2, -0.15) is 13.5 Å². The summed E-state index contributed by atoms with van der Waals surface area (Å²) in [5, 5.41) is 29.5. The normalized spacial score (nSPS) is 21.3. The van der Waals surface area contributed by atoms with E-state index in [2.05, 4.69) is 90.8 Å². The highest BCUT2D eigenvalue weighted by Crippen LogP contribution is 2.60. The number of hydrogen-bond donors (Lipinski definition) is 13. The molecule has 0 saturated heterocycles. The van der Waals surface area contributed by atoms with Crippen molar-refractivity contribution in [1.29, 1.82) is 0 Å². The predicted octanol–water partition coefficient (Wildman–Crippen LogP) is 7.28. The van der Waals surface area contributed by atoms with Crippen molar-refractivity contribution in [3.63, 3.8) is 0 Å². The molecule has 16 N–H and O–H groups in total. The van der Waals surface area contributed by atoms with E-state index in [4.69, 9.17) is 69.5 Å². The van der Waals surface area contributed by atoms with Gasteiger partial charge >= 0.3 is 6.03 Å². The van der Waals surface area contributed by atoms with Crippen LogP contribution in [0.4, 0.5) is 21.9 Å². The van der Waals surface area contributed by atoms with Crippen LogP contribution in [-0.4, -0.2) is 265 Å². The highest BCUT2D eigenvalue weighted by atomic mass is 32.2. The number of imide groups is 1. The lowest BCUT2D eigenvalue weighted by Gasteiger charge is -2.56. The molecule has 4 aromatic carbocycles. The number of unbranched alkanes of at least 4 members (excludes halogenated alkanes) is 1. The number of aryl methyl sites for hydroxylation is 2. The van der Waals surface area contributed by atoms with E-state index in [1.165, 1.54) is 11.1 Å². The number of primary amides is 1. The average molecular weight is 2010 g/mol. The van der Waals surface area contributed by atoms with Crippen LogP contribution in [-0.2, 0) is 131 Å². The molecule has 38 nitrogen and oxygen atoms in total. The second-order valence-electron chi connectivity index (χ2n) is 38.8. The van der Waals surface area contributed by atoms with Crippen LogP contribution in [0.2, 0.25) is 0 Å². The maximum absolute atomic E-state index is 15.1. The van der Waals surface area contributed by atoms with Crippen molar-refractivity contribution in [2.24, 2.45) is 50.3 Å². The van der Waals surface area contributed by atoms with Crippen LogP contribution in [0, 0.1) is 40.4 Å². The third-order valence-corrected chi connectivity index (χ3v) is 29.0. The number of fused-ring (bicyclic) bond motifs is 8. The number of carbonyl (C=O) groups excluding carboxylic acids is 11. The molecular weight excluding hydrogens is 1860 g/mol. The second kappa shape index (κ2) is 57.7. The Morgan fingerprint density at radius 1 is 0.510 bits per heavy atom. The summed E-state index contributed by atoms with van der Waals surface area (Å²) in [4.78, 5) is 158. The highest BCUT2D eigenvalue weighted by Gasteiger charge is 2.59. The van der Waals surface area contributed by atoms with Crippen LogP contribution in [0.25, 0.3) is 0 Å². The topological polar surface area (TPSA) is 539 Å². The van der Waals surface area contributed by atoms with Gasteiger partial charge in [-0.15, -0.1) is 0 Å². The molecule has 786 valence electrons. The largest absolute Gasteiger partial charge is 0.399 e. The van der Waals surface area contributed by atoms with Gasteiger partial charge in [-0.1, -0.05) is 122 Å². The quantitative estimate of drug-likeness (QED) is 0.00392. The molecule has 1 heterocycles. The van der Waals surface area contributed by atoms with Gasteiger partial charge in [0.05, 0.1) is 147 Å². The number of benzene rings is 4. The predicted molar refractivity (Wildman–Crippen MR) is 540 cm³/mol. The third kappa shape index (κ3) is 34.9. The maximum Gasteiger partial charge on any atom is 0.312 e. The molecular formula is C104H151N15O23S. The molecule has 0 aromatic heterocycles. The van der Waals surface area contributed by atoms with Gasteiger partial charge in [0, 0.05) is 74.4 Å². The number of aliphatic imine (C=N–C) groups is 1. The fraction of sp³-hybridized carbons (Fsp3) is 0.625. The van der Waals surface area contributed by atoms with Crippen LogP contribution in [0.15, 0.2) is 95.0 Å². The van der Waals surface area contributed by atoms with Gasteiger partial charge in [0.15, 0.2) is 0 Å². The minimum absolute atomic E-state index is 0.00197. The molecule has 0 radical (unpaired) electrons. The molecule has 143 heavy (non-hydrogen) atoms. The minimum atomic E-state index is -4.16. The van der Waals surface area contributed by atoms with Crippen LogP contribution >= 0.6 is 0 Å². The summed E-state index contributed by atoms with van der Waals surface area (Å²) >= 11 is 0. The first-order valence-corrected chi connectivity index (χ1v) is 52.3. The molecule has 10 atom stereocenters. The number of hydrogen-bond acceptors (Lipinski definition) is 26. The molecule has 5 aliphatic carbocycles. The summed E-state index contributed by atoms with van der Waals surface area (Å²) in [6.45, 7) is 16.2. The Labute approximate surface area is 840 Å². The first-order valence-electron chi connectivity index (χ1n) is 50.7. The number of anilines is 3. The van der Waals surface area contributed by atoms with Crippen molar-refractivity contribution in [2.75, 3.05) is 167 Å². The number of nitrogens with zero attached hydrogens (tertiary/aromatic N) is 3. The SMILES string of the molecule is CC(C)[C@H](NC(=O)[C@@H](CCCCNC(=O)COC1CCCCCC(=NCCOCCOCCOCCOCCC(=O)NCCS(=O)(=O)O)C1=NN)NC(=O)CCOCCOCCOCCOCCNC(=O)CCC(=O)N1Cc2ccccc2C#Cc2ccccc21)C(=O)N[C@@H](CCCNC(N)=O)C(=O)Nc1ccc2c(c1)[C@@]1(C)CCC[C@](C)(C(=O)NC(=O)[C@@]3(C)CCC[C@]4(C)c5cc(N)ccc5CC[C@@H]34)C1CC2. The monoisotopic (exact) mass is 2010 g/mol. The molecule has 6 aliphatic rings. The van der Waals surface area contributed by atoms with Crippen LogP contribution < -0.4 is 70.1 Å². The van der Waals surface area contributed by atoms with E-state index in [9.17, 15) is 56.4 Å². The molecule has 1 aliphatic heterocycles. The zero-order chi connectivity index (χ0) is 103.